The first-order valence-corrected chi connectivity index (χ1v) is 7.70. The lowest BCUT2D eigenvalue weighted by Gasteiger charge is -2.22. The van der Waals surface area contributed by atoms with E-state index in [1.165, 1.54) is 11.1 Å². The monoisotopic (exact) mass is 307 g/mol. The Hall–Kier alpha value is -2.25. The number of hydrogen-bond donors (Lipinski definition) is 1. The Balaban J connectivity index is 2.23. The predicted molar refractivity (Wildman–Crippen MR) is 94.4 cm³/mol. The fourth-order valence-corrected chi connectivity index (χ4v) is 3.14. The van der Waals surface area contributed by atoms with Crippen LogP contribution >= 0.6 is 11.6 Å². The van der Waals surface area contributed by atoms with E-state index in [0.717, 1.165) is 21.8 Å². The summed E-state index contributed by atoms with van der Waals surface area (Å²) in [7, 11) is 0. The van der Waals surface area contributed by atoms with E-state index in [1.807, 2.05) is 31.2 Å². The Labute approximate surface area is 136 Å². The molecule has 0 amide bonds. The number of nitrogens with two attached hydrogens (primary N) is 1. The quantitative estimate of drug-likeness (QED) is 0.508. The standard InChI is InChI=1S/C20H18ClN/c1-14-12-17(21)13-18(20(14)22)19(15-8-4-2-5-9-15)16-10-6-3-7-11-16/h2-13,19H,22H2,1H3. The average molecular weight is 308 g/mol. The molecule has 0 saturated heterocycles. The summed E-state index contributed by atoms with van der Waals surface area (Å²) in [5.41, 5.74) is 11.7. The van der Waals surface area contributed by atoms with Gasteiger partial charge in [0.05, 0.1) is 0 Å². The summed E-state index contributed by atoms with van der Waals surface area (Å²) in [5, 5.41) is 0.721. The summed E-state index contributed by atoms with van der Waals surface area (Å²) < 4.78 is 0. The normalized spacial score (nSPS) is 10.9. The molecule has 3 rings (SSSR count). The molecule has 3 aromatic rings. The van der Waals surface area contributed by atoms with Crippen LogP contribution in [0.5, 0.6) is 0 Å². The van der Waals surface area contributed by atoms with Crippen molar-refractivity contribution in [2.24, 2.45) is 0 Å². The van der Waals surface area contributed by atoms with Crippen molar-refractivity contribution in [1.82, 2.24) is 0 Å². The molecular weight excluding hydrogens is 290 g/mol. The van der Waals surface area contributed by atoms with Crippen LogP contribution in [-0.2, 0) is 0 Å². The number of aryl methyl sites for hydroxylation is 1. The van der Waals surface area contributed by atoms with Crippen LogP contribution in [0.1, 0.15) is 28.2 Å². The van der Waals surface area contributed by atoms with Gasteiger partial charge in [-0.25, -0.2) is 0 Å². The first kappa shape index (κ1) is 14.7. The van der Waals surface area contributed by atoms with Gasteiger partial charge < -0.3 is 5.73 Å². The fourth-order valence-electron chi connectivity index (χ4n) is 2.86. The van der Waals surface area contributed by atoms with Crippen molar-refractivity contribution in [2.45, 2.75) is 12.8 Å². The van der Waals surface area contributed by atoms with Crippen molar-refractivity contribution in [3.63, 3.8) is 0 Å². The van der Waals surface area contributed by atoms with Gasteiger partial charge in [0.15, 0.2) is 0 Å². The van der Waals surface area contributed by atoms with Crippen molar-refractivity contribution in [3.8, 4) is 0 Å². The van der Waals surface area contributed by atoms with Crippen LogP contribution in [0.3, 0.4) is 0 Å². The van der Waals surface area contributed by atoms with Crippen LogP contribution in [-0.4, -0.2) is 0 Å². The Bertz CT molecular complexity index is 727. The third kappa shape index (κ3) is 2.86. The van der Waals surface area contributed by atoms with Gasteiger partial charge in [0.1, 0.15) is 0 Å². The molecule has 0 fully saturated rings. The number of nitrogen functional groups attached to an aromatic ring is 1. The lowest BCUT2D eigenvalue weighted by molar-refractivity contribution is 0.978. The summed E-state index contributed by atoms with van der Waals surface area (Å²) in [5.74, 6) is 0.0831. The van der Waals surface area contributed by atoms with Crippen LogP contribution in [0.15, 0.2) is 72.8 Å². The van der Waals surface area contributed by atoms with Crippen LogP contribution in [0.25, 0.3) is 0 Å². The van der Waals surface area contributed by atoms with E-state index in [9.17, 15) is 0 Å². The molecule has 0 aromatic heterocycles. The molecule has 0 aliphatic rings. The minimum atomic E-state index is 0.0831. The SMILES string of the molecule is Cc1cc(Cl)cc(C(c2ccccc2)c2ccccc2)c1N. The number of anilines is 1. The fraction of sp³-hybridized carbons (Fsp3) is 0.100. The van der Waals surface area contributed by atoms with Gasteiger partial charge in [0.2, 0.25) is 0 Å². The average Bonchev–Trinajstić information content (AvgIpc) is 2.54. The van der Waals surface area contributed by atoms with Gasteiger partial charge in [-0.15, -0.1) is 0 Å². The van der Waals surface area contributed by atoms with Crippen molar-refractivity contribution in [3.05, 3.63) is 100 Å². The van der Waals surface area contributed by atoms with Crippen molar-refractivity contribution in [1.29, 1.82) is 0 Å². The second-order valence-electron chi connectivity index (χ2n) is 5.48. The topological polar surface area (TPSA) is 26.0 Å². The van der Waals surface area contributed by atoms with Gasteiger partial charge in [-0.1, -0.05) is 72.3 Å². The van der Waals surface area contributed by atoms with Gasteiger partial charge >= 0.3 is 0 Å². The number of hydrogen-bond acceptors (Lipinski definition) is 1. The molecule has 0 aliphatic carbocycles. The highest BCUT2D eigenvalue weighted by molar-refractivity contribution is 6.30. The molecule has 0 unspecified atom stereocenters. The predicted octanol–water partition coefficient (Wildman–Crippen LogP) is 5.41. The molecule has 0 bridgehead atoms. The Morgan fingerprint density at radius 2 is 1.32 bits per heavy atom. The molecule has 110 valence electrons. The van der Waals surface area contributed by atoms with Crippen molar-refractivity contribution < 1.29 is 0 Å². The molecule has 1 nitrogen and oxygen atoms in total. The zero-order valence-corrected chi connectivity index (χ0v) is 13.2. The maximum absolute atomic E-state index is 6.37. The zero-order chi connectivity index (χ0) is 15.5. The Kier molecular flexibility index (Phi) is 4.17. The highest BCUT2D eigenvalue weighted by Crippen LogP contribution is 2.37. The Morgan fingerprint density at radius 3 is 1.82 bits per heavy atom. The number of rotatable bonds is 3. The van der Waals surface area contributed by atoms with E-state index >= 15 is 0 Å². The van der Waals surface area contributed by atoms with Gasteiger partial charge in [-0.05, 0) is 41.3 Å². The summed E-state index contributed by atoms with van der Waals surface area (Å²) in [6.07, 6.45) is 0. The second kappa shape index (κ2) is 6.25. The van der Waals surface area contributed by atoms with Gasteiger partial charge in [-0.2, -0.15) is 0 Å². The van der Waals surface area contributed by atoms with Gasteiger partial charge in [0.25, 0.3) is 0 Å². The maximum Gasteiger partial charge on any atom is 0.0413 e. The molecule has 0 radical (unpaired) electrons. The molecule has 0 saturated carbocycles. The maximum atomic E-state index is 6.37. The minimum absolute atomic E-state index is 0.0831. The minimum Gasteiger partial charge on any atom is -0.398 e. The summed E-state index contributed by atoms with van der Waals surface area (Å²) in [4.78, 5) is 0. The highest BCUT2D eigenvalue weighted by atomic mass is 35.5. The molecule has 22 heavy (non-hydrogen) atoms. The Morgan fingerprint density at radius 1 is 0.818 bits per heavy atom. The molecule has 0 heterocycles. The van der Waals surface area contributed by atoms with Gasteiger partial charge in [-0.3, -0.25) is 0 Å². The third-order valence-electron chi connectivity index (χ3n) is 3.96. The van der Waals surface area contributed by atoms with E-state index in [4.69, 9.17) is 17.3 Å². The molecule has 0 spiro atoms. The molecular formula is C20H18ClN. The lowest BCUT2D eigenvalue weighted by atomic mass is 9.83. The molecule has 2 heteroatoms. The first-order valence-electron chi connectivity index (χ1n) is 7.32. The van der Waals surface area contributed by atoms with Gasteiger partial charge in [0, 0.05) is 16.6 Å². The smallest absolute Gasteiger partial charge is 0.0413 e. The number of benzene rings is 3. The van der Waals surface area contributed by atoms with Crippen LogP contribution < -0.4 is 5.73 Å². The van der Waals surface area contributed by atoms with E-state index in [1.54, 1.807) is 0 Å². The lowest BCUT2D eigenvalue weighted by Crippen LogP contribution is -2.07. The zero-order valence-electron chi connectivity index (χ0n) is 12.5. The summed E-state index contributed by atoms with van der Waals surface area (Å²) >= 11 is 6.29. The largest absolute Gasteiger partial charge is 0.398 e. The van der Waals surface area contributed by atoms with E-state index in [0.29, 0.717) is 0 Å². The summed E-state index contributed by atoms with van der Waals surface area (Å²) in [6, 6.07) is 24.7. The molecule has 0 atom stereocenters. The third-order valence-corrected chi connectivity index (χ3v) is 4.18. The van der Waals surface area contributed by atoms with Crippen molar-refractivity contribution in [2.75, 3.05) is 5.73 Å². The molecule has 3 aromatic carbocycles. The second-order valence-corrected chi connectivity index (χ2v) is 5.92. The van der Waals surface area contributed by atoms with E-state index in [2.05, 4.69) is 48.5 Å². The highest BCUT2D eigenvalue weighted by Gasteiger charge is 2.20. The first-order chi connectivity index (χ1) is 10.7. The van der Waals surface area contributed by atoms with Crippen molar-refractivity contribution >= 4 is 17.3 Å². The van der Waals surface area contributed by atoms with Crippen LogP contribution in [0.2, 0.25) is 5.02 Å². The van der Waals surface area contributed by atoms with Crippen LogP contribution in [0.4, 0.5) is 5.69 Å². The molecule has 0 aliphatic heterocycles. The summed E-state index contributed by atoms with van der Waals surface area (Å²) in [6.45, 7) is 2.00. The molecule has 2 N–H and O–H groups in total. The van der Waals surface area contributed by atoms with E-state index in [-0.39, 0.29) is 5.92 Å². The number of halogens is 1. The van der Waals surface area contributed by atoms with E-state index < -0.39 is 0 Å². The van der Waals surface area contributed by atoms with Crippen LogP contribution in [0, 0.1) is 6.92 Å².